The van der Waals surface area contributed by atoms with Crippen molar-refractivity contribution in [2.24, 2.45) is 5.41 Å². The molecule has 0 aliphatic carbocycles. The summed E-state index contributed by atoms with van der Waals surface area (Å²) in [6, 6.07) is 0. The molecule has 0 aliphatic rings. The second-order valence-electron chi connectivity index (χ2n) is 5.27. The highest BCUT2D eigenvalue weighted by Crippen LogP contribution is 2.24. The summed E-state index contributed by atoms with van der Waals surface area (Å²) >= 11 is 0. The molecule has 16 heavy (non-hydrogen) atoms. The van der Waals surface area contributed by atoms with Gasteiger partial charge in [0.05, 0.1) is 12.7 Å². The zero-order valence-corrected chi connectivity index (χ0v) is 10.4. The Morgan fingerprint density at radius 3 is 1.88 bits per heavy atom. The standard InChI is InChI=1S/C11H24O5/c1-11(2,3)5-7(13)10(16-4)9(15)8(14)6-12/h7-10,12-15H,5-6H2,1-4H3/t7-,8+,9+,10+/m0/s1. The lowest BCUT2D eigenvalue weighted by atomic mass is 9.86. The molecule has 0 amide bonds. The zero-order valence-electron chi connectivity index (χ0n) is 10.4. The van der Waals surface area contributed by atoms with E-state index >= 15 is 0 Å². The van der Waals surface area contributed by atoms with E-state index < -0.39 is 31.0 Å². The van der Waals surface area contributed by atoms with Crippen LogP contribution in [0.3, 0.4) is 0 Å². The Hall–Kier alpha value is -0.200. The topological polar surface area (TPSA) is 90.2 Å². The fourth-order valence-electron chi connectivity index (χ4n) is 1.59. The van der Waals surface area contributed by atoms with Crippen LogP contribution < -0.4 is 0 Å². The molecule has 0 aromatic carbocycles. The lowest BCUT2D eigenvalue weighted by Crippen LogP contribution is -2.47. The number of hydrogen-bond acceptors (Lipinski definition) is 5. The van der Waals surface area contributed by atoms with Crippen molar-refractivity contribution in [3.63, 3.8) is 0 Å². The van der Waals surface area contributed by atoms with Gasteiger partial charge in [0, 0.05) is 7.11 Å². The summed E-state index contributed by atoms with van der Waals surface area (Å²) in [5.41, 5.74) is -0.111. The molecule has 0 spiro atoms. The van der Waals surface area contributed by atoms with Crippen molar-refractivity contribution in [3.8, 4) is 0 Å². The third kappa shape index (κ3) is 5.23. The Balaban J connectivity index is 4.48. The van der Waals surface area contributed by atoms with E-state index in [1.165, 1.54) is 7.11 Å². The van der Waals surface area contributed by atoms with E-state index in [4.69, 9.17) is 9.84 Å². The summed E-state index contributed by atoms with van der Waals surface area (Å²) in [5, 5.41) is 37.5. The number of ether oxygens (including phenoxy) is 1. The van der Waals surface area contributed by atoms with E-state index in [1.54, 1.807) is 0 Å². The summed E-state index contributed by atoms with van der Waals surface area (Å²) in [5.74, 6) is 0. The average Bonchev–Trinajstić information content (AvgIpc) is 2.14. The molecule has 4 atom stereocenters. The molecule has 0 aromatic heterocycles. The first-order valence-electron chi connectivity index (χ1n) is 5.40. The Morgan fingerprint density at radius 2 is 1.56 bits per heavy atom. The molecule has 5 nitrogen and oxygen atoms in total. The minimum atomic E-state index is -1.31. The van der Waals surface area contributed by atoms with E-state index in [2.05, 4.69) is 0 Å². The van der Waals surface area contributed by atoms with Crippen LogP contribution in [-0.2, 0) is 4.74 Å². The highest BCUT2D eigenvalue weighted by Gasteiger charge is 2.33. The summed E-state index contributed by atoms with van der Waals surface area (Å²) in [7, 11) is 1.35. The molecular weight excluding hydrogens is 212 g/mol. The van der Waals surface area contributed by atoms with Crippen molar-refractivity contribution in [1.82, 2.24) is 0 Å². The highest BCUT2D eigenvalue weighted by molar-refractivity contribution is 4.84. The van der Waals surface area contributed by atoms with Gasteiger partial charge in [-0.3, -0.25) is 0 Å². The van der Waals surface area contributed by atoms with Gasteiger partial charge in [0.15, 0.2) is 0 Å². The lowest BCUT2D eigenvalue weighted by molar-refractivity contribution is -0.134. The van der Waals surface area contributed by atoms with Gasteiger partial charge in [-0.2, -0.15) is 0 Å². The Bertz CT molecular complexity index is 189. The minimum absolute atomic E-state index is 0.111. The van der Waals surface area contributed by atoms with Crippen molar-refractivity contribution in [2.75, 3.05) is 13.7 Å². The van der Waals surface area contributed by atoms with Crippen LogP contribution in [0.5, 0.6) is 0 Å². The Kier molecular flexibility index (Phi) is 6.43. The van der Waals surface area contributed by atoms with Gasteiger partial charge in [-0.1, -0.05) is 20.8 Å². The monoisotopic (exact) mass is 236 g/mol. The molecule has 0 aromatic rings. The van der Waals surface area contributed by atoms with Crippen molar-refractivity contribution >= 4 is 0 Å². The third-order valence-electron chi connectivity index (χ3n) is 2.39. The van der Waals surface area contributed by atoms with Gasteiger partial charge in [0.2, 0.25) is 0 Å². The molecule has 4 N–H and O–H groups in total. The van der Waals surface area contributed by atoms with E-state index in [0.29, 0.717) is 6.42 Å². The quantitative estimate of drug-likeness (QED) is 0.500. The van der Waals surface area contributed by atoms with Crippen molar-refractivity contribution < 1.29 is 25.2 Å². The van der Waals surface area contributed by atoms with Crippen LogP contribution in [0.2, 0.25) is 0 Å². The fraction of sp³-hybridized carbons (Fsp3) is 1.00. The molecule has 0 saturated heterocycles. The minimum Gasteiger partial charge on any atom is -0.394 e. The van der Waals surface area contributed by atoms with Crippen LogP contribution in [0.15, 0.2) is 0 Å². The van der Waals surface area contributed by atoms with E-state index in [1.807, 2.05) is 20.8 Å². The van der Waals surface area contributed by atoms with Crippen LogP contribution in [0.4, 0.5) is 0 Å². The second kappa shape index (κ2) is 6.51. The fourth-order valence-corrected chi connectivity index (χ4v) is 1.59. The third-order valence-corrected chi connectivity index (χ3v) is 2.39. The summed E-state index contributed by atoms with van der Waals surface area (Å²) in [6.45, 7) is 5.30. The first-order valence-corrected chi connectivity index (χ1v) is 5.40. The molecule has 0 saturated carbocycles. The highest BCUT2D eigenvalue weighted by atomic mass is 16.5. The van der Waals surface area contributed by atoms with Crippen LogP contribution in [0.25, 0.3) is 0 Å². The zero-order chi connectivity index (χ0) is 12.9. The van der Waals surface area contributed by atoms with Gasteiger partial charge < -0.3 is 25.2 Å². The largest absolute Gasteiger partial charge is 0.394 e. The number of methoxy groups -OCH3 is 1. The summed E-state index contributed by atoms with van der Waals surface area (Å²) in [6.07, 6.45) is -3.96. The smallest absolute Gasteiger partial charge is 0.111 e. The van der Waals surface area contributed by atoms with E-state index in [-0.39, 0.29) is 5.41 Å². The van der Waals surface area contributed by atoms with Gasteiger partial charge in [-0.15, -0.1) is 0 Å². The van der Waals surface area contributed by atoms with Crippen LogP contribution in [-0.4, -0.2) is 58.6 Å². The predicted octanol–water partition coefficient (Wildman–Crippen LogP) is -0.487. The molecule has 98 valence electrons. The van der Waals surface area contributed by atoms with Crippen LogP contribution in [0, 0.1) is 5.41 Å². The second-order valence-corrected chi connectivity index (χ2v) is 5.27. The normalized spacial score (nSPS) is 20.2. The first-order chi connectivity index (χ1) is 7.22. The van der Waals surface area contributed by atoms with Gasteiger partial charge in [-0.05, 0) is 11.8 Å². The van der Waals surface area contributed by atoms with Gasteiger partial charge in [-0.25, -0.2) is 0 Å². The lowest BCUT2D eigenvalue weighted by Gasteiger charge is -2.32. The maximum Gasteiger partial charge on any atom is 0.111 e. The van der Waals surface area contributed by atoms with Crippen molar-refractivity contribution in [1.29, 1.82) is 0 Å². The summed E-state index contributed by atoms with van der Waals surface area (Å²) in [4.78, 5) is 0. The maximum absolute atomic E-state index is 9.88. The molecule has 0 unspecified atom stereocenters. The number of aliphatic hydroxyl groups excluding tert-OH is 4. The predicted molar refractivity (Wildman–Crippen MR) is 60.0 cm³/mol. The van der Waals surface area contributed by atoms with Gasteiger partial charge in [0.1, 0.15) is 18.3 Å². The number of rotatable bonds is 6. The number of hydrogen-bond donors (Lipinski definition) is 4. The van der Waals surface area contributed by atoms with Crippen LogP contribution >= 0.6 is 0 Å². The Labute approximate surface area is 96.7 Å². The number of aliphatic hydroxyl groups is 4. The van der Waals surface area contributed by atoms with E-state index in [9.17, 15) is 15.3 Å². The summed E-state index contributed by atoms with van der Waals surface area (Å²) < 4.78 is 4.97. The average molecular weight is 236 g/mol. The molecule has 0 aliphatic heterocycles. The van der Waals surface area contributed by atoms with Gasteiger partial charge >= 0.3 is 0 Å². The molecule has 5 heteroatoms. The molecule has 0 radical (unpaired) electrons. The van der Waals surface area contributed by atoms with Crippen molar-refractivity contribution in [2.45, 2.75) is 51.6 Å². The Morgan fingerprint density at radius 1 is 1.06 bits per heavy atom. The molecule has 0 heterocycles. The van der Waals surface area contributed by atoms with Crippen molar-refractivity contribution in [3.05, 3.63) is 0 Å². The molecule has 0 bridgehead atoms. The maximum atomic E-state index is 9.88. The van der Waals surface area contributed by atoms with Gasteiger partial charge in [0.25, 0.3) is 0 Å². The van der Waals surface area contributed by atoms with Crippen LogP contribution in [0.1, 0.15) is 27.2 Å². The SMILES string of the molecule is CO[C@@H]([C@H](O)[C@H](O)CO)[C@@H](O)CC(C)(C)C. The first kappa shape index (κ1) is 15.8. The molecule has 0 rings (SSSR count). The van der Waals surface area contributed by atoms with E-state index in [0.717, 1.165) is 0 Å². The molecular formula is C11H24O5. The molecule has 0 fully saturated rings.